The number of aromatic nitrogens is 1. The van der Waals surface area contributed by atoms with Gasteiger partial charge in [-0.1, -0.05) is 12.2 Å². The number of hydrogen-bond acceptors (Lipinski definition) is 2. The van der Waals surface area contributed by atoms with Crippen molar-refractivity contribution in [2.45, 2.75) is 13.0 Å². The highest BCUT2D eigenvalue weighted by atomic mass is 15.1. The lowest BCUT2D eigenvalue weighted by Crippen LogP contribution is -1.83. The Kier molecular flexibility index (Phi) is 1.92. The number of pyridine rings is 1. The summed E-state index contributed by atoms with van der Waals surface area (Å²) in [5.74, 6) is 0. The second-order valence-electron chi connectivity index (χ2n) is 3.10. The van der Waals surface area contributed by atoms with E-state index in [1.54, 1.807) is 0 Å². The Morgan fingerprint density at radius 2 is 2.50 bits per heavy atom. The van der Waals surface area contributed by atoms with E-state index in [9.17, 15) is 0 Å². The average Bonchev–Trinajstić information content (AvgIpc) is 2.84. The van der Waals surface area contributed by atoms with Gasteiger partial charge in [-0.15, -0.1) is 0 Å². The molecule has 2 heteroatoms. The molecule has 2 heterocycles. The first kappa shape index (κ1) is 7.50. The van der Waals surface area contributed by atoms with E-state index in [1.807, 2.05) is 19.2 Å². The van der Waals surface area contributed by atoms with Gasteiger partial charge in [0.2, 0.25) is 0 Å². The summed E-state index contributed by atoms with van der Waals surface area (Å²) >= 11 is 0. The summed E-state index contributed by atoms with van der Waals surface area (Å²) in [6, 6.07) is 4.71. The van der Waals surface area contributed by atoms with Gasteiger partial charge in [0.1, 0.15) is 0 Å². The highest BCUT2D eigenvalue weighted by Crippen LogP contribution is 2.06. The Morgan fingerprint density at radius 1 is 1.67 bits per heavy atom. The largest absolute Gasteiger partial charge is 0.307 e. The van der Waals surface area contributed by atoms with Crippen LogP contribution in [0.3, 0.4) is 0 Å². The fourth-order valence-corrected chi connectivity index (χ4v) is 1.10. The first-order valence-electron chi connectivity index (χ1n) is 4.19. The molecule has 1 aromatic rings. The van der Waals surface area contributed by atoms with E-state index < -0.39 is 0 Å². The number of rotatable bonds is 2. The van der Waals surface area contributed by atoms with E-state index in [0.29, 0.717) is 6.04 Å². The molecule has 1 N–H and O–H groups in total. The molecular formula is C10H12N2. The van der Waals surface area contributed by atoms with Crippen LogP contribution >= 0.6 is 0 Å². The third kappa shape index (κ3) is 1.92. The van der Waals surface area contributed by atoms with Crippen molar-refractivity contribution in [3.8, 4) is 0 Å². The van der Waals surface area contributed by atoms with E-state index >= 15 is 0 Å². The van der Waals surface area contributed by atoms with E-state index in [-0.39, 0.29) is 0 Å². The van der Waals surface area contributed by atoms with E-state index in [4.69, 9.17) is 0 Å². The van der Waals surface area contributed by atoms with Crippen LogP contribution in [0, 0.1) is 6.92 Å². The molecule has 0 aliphatic carbocycles. The van der Waals surface area contributed by atoms with Crippen molar-refractivity contribution >= 4 is 6.08 Å². The second-order valence-corrected chi connectivity index (χ2v) is 3.10. The Balaban J connectivity index is 2.11. The first-order chi connectivity index (χ1) is 5.84. The number of hydrogen-bond donors (Lipinski definition) is 1. The summed E-state index contributed by atoms with van der Waals surface area (Å²) < 4.78 is 0. The van der Waals surface area contributed by atoms with E-state index in [1.165, 1.54) is 5.56 Å². The van der Waals surface area contributed by atoms with Gasteiger partial charge in [-0.2, -0.15) is 0 Å². The minimum atomic E-state index is 0.610. The zero-order chi connectivity index (χ0) is 8.39. The molecule has 62 valence electrons. The molecule has 0 amide bonds. The fraction of sp³-hybridized carbons (Fsp3) is 0.300. The molecule has 0 radical (unpaired) electrons. The van der Waals surface area contributed by atoms with E-state index in [0.717, 1.165) is 12.2 Å². The third-order valence-electron chi connectivity index (χ3n) is 1.88. The van der Waals surface area contributed by atoms with Crippen LogP contribution in [-0.2, 0) is 0 Å². The molecule has 1 aromatic heterocycles. The van der Waals surface area contributed by atoms with Gasteiger partial charge < -0.3 is 5.32 Å². The minimum Gasteiger partial charge on any atom is -0.307 e. The van der Waals surface area contributed by atoms with Crippen LogP contribution in [0.4, 0.5) is 0 Å². The maximum absolute atomic E-state index is 4.13. The predicted octanol–water partition coefficient (Wildman–Crippen LogP) is 1.38. The summed E-state index contributed by atoms with van der Waals surface area (Å²) in [5, 5.41) is 3.22. The minimum absolute atomic E-state index is 0.610. The summed E-state index contributed by atoms with van der Waals surface area (Å²) in [7, 11) is 0. The summed E-state index contributed by atoms with van der Waals surface area (Å²) in [6.07, 6.45) is 6.17. The number of nitrogens with one attached hydrogen (secondary N) is 1. The quantitative estimate of drug-likeness (QED) is 0.663. The van der Waals surface area contributed by atoms with Gasteiger partial charge in [0.25, 0.3) is 0 Å². The average molecular weight is 160 g/mol. The van der Waals surface area contributed by atoms with Gasteiger partial charge in [0.05, 0.1) is 0 Å². The number of nitrogens with zero attached hydrogens (tertiary/aromatic N) is 1. The molecule has 2 nitrogen and oxygen atoms in total. The highest BCUT2D eigenvalue weighted by molar-refractivity contribution is 5.50. The van der Waals surface area contributed by atoms with Gasteiger partial charge in [0, 0.05) is 24.5 Å². The Labute approximate surface area is 72.3 Å². The molecule has 1 aliphatic rings. The molecule has 0 bridgehead atoms. The van der Waals surface area contributed by atoms with Crippen LogP contribution in [0.25, 0.3) is 6.08 Å². The van der Waals surface area contributed by atoms with Crippen LogP contribution in [0.15, 0.2) is 24.4 Å². The van der Waals surface area contributed by atoms with Crippen molar-refractivity contribution in [3.05, 3.63) is 35.7 Å². The maximum atomic E-state index is 4.13. The lowest BCUT2D eigenvalue weighted by atomic mass is 10.2. The Bertz CT molecular complexity index is 300. The van der Waals surface area contributed by atoms with Crippen molar-refractivity contribution in [2.24, 2.45) is 0 Å². The molecular weight excluding hydrogens is 148 g/mol. The SMILES string of the molecule is Cc1cc(C=CC2CN2)ccn1. The summed E-state index contributed by atoms with van der Waals surface area (Å²) in [6.45, 7) is 3.13. The standard InChI is InChI=1S/C10H12N2/c1-8-6-9(4-5-11-8)2-3-10-7-12-10/h2-6,10,12H,7H2,1H3. The molecule has 0 spiro atoms. The molecule has 0 aromatic carbocycles. The number of aryl methyl sites for hydroxylation is 1. The first-order valence-corrected chi connectivity index (χ1v) is 4.19. The van der Waals surface area contributed by atoms with Gasteiger partial charge in [-0.3, -0.25) is 4.98 Å². The zero-order valence-electron chi connectivity index (χ0n) is 7.12. The molecule has 12 heavy (non-hydrogen) atoms. The molecule has 2 rings (SSSR count). The second kappa shape index (κ2) is 3.07. The van der Waals surface area contributed by atoms with Crippen molar-refractivity contribution < 1.29 is 0 Å². The van der Waals surface area contributed by atoms with Crippen LogP contribution in [-0.4, -0.2) is 17.6 Å². The monoisotopic (exact) mass is 160 g/mol. The van der Waals surface area contributed by atoms with Crippen LogP contribution in [0.2, 0.25) is 0 Å². The third-order valence-corrected chi connectivity index (χ3v) is 1.88. The Morgan fingerprint density at radius 3 is 3.17 bits per heavy atom. The molecule has 1 aliphatic heterocycles. The van der Waals surface area contributed by atoms with Crippen molar-refractivity contribution in [3.63, 3.8) is 0 Å². The predicted molar refractivity (Wildman–Crippen MR) is 49.8 cm³/mol. The molecule has 1 atom stereocenters. The van der Waals surface area contributed by atoms with Gasteiger partial charge in [0.15, 0.2) is 0 Å². The molecule has 1 saturated heterocycles. The van der Waals surface area contributed by atoms with Gasteiger partial charge in [-0.25, -0.2) is 0 Å². The van der Waals surface area contributed by atoms with E-state index in [2.05, 4.69) is 28.5 Å². The van der Waals surface area contributed by atoms with Crippen LogP contribution in [0.5, 0.6) is 0 Å². The molecule has 1 fully saturated rings. The topological polar surface area (TPSA) is 34.8 Å². The fourth-order valence-electron chi connectivity index (χ4n) is 1.10. The van der Waals surface area contributed by atoms with Crippen LogP contribution in [0.1, 0.15) is 11.3 Å². The van der Waals surface area contributed by atoms with Crippen molar-refractivity contribution in [1.29, 1.82) is 0 Å². The smallest absolute Gasteiger partial charge is 0.0380 e. The highest BCUT2D eigenvalue weighted by Gasteiger charge is 2.14. The van der Waals surface area contributed by atoms with Gasteiger partial charge >= 0.3 is 0 Å². The zero-order valence-corrected chi connectivity index (χ0v) is 7.12. The van der Waals surface area contributed by atoms with Crippen molar-refractivity contribution in [2.75, 3.05) is 6.54 Å². The Hall–Kier alpha value is -1.15. The van der Waals surface area contributed by atoms with Gasteiger partial charge in [-0.05, 0) is 24.6 Å². The normalized spacial score (nSPS) is 21.6. The lowest BCUT2D eigenvalue weighted by Gasteiger charge is -1.93. The van der Waals surface area contributed by atoms with Crippen molar-refractivity contribution in [1.82, 2.24) is 10.3 Å². The summed E-state index contributed by atoms with van der Waals surface area (Å²) in [5.41, 5.74) is 2.30. The molecule has 0 saturated carbocycles. The lowest BCUT2D eigenvalue weighted by molar-refractivity contribution is 1.19. The maximum Gasteiger partial charge on any atom is 0.0380 e. The molecule has 1 unspecified atom stereocenters. The summed E-state index contributed by atoms with van der Waals surface area (Å²) in [4.78, 5) is 4.13. The van der Waals surface area contributed by atoms with Crippen LogP contribution < -0.4 is 5.32 Å².